The highest BCUT2D eigenvalue weighted by Gasteiger charge is 2.22. The number of rotatable bonds is 8. The highest BCUT2D eigenvalue weighted by atomic mass is 16.5. The lowest BCUT2D eigenvalue weighted by Gasteiger charge is -2.33. The Morgan fingerprint density at radius 2 is 2.21 bits per heavy atom. The van der Waals surface area contributed by atoms with Crippen molar-refractivity contribution in [1.29, 1.82) is 0 Å². The Balaban J connectivity index is 1.28. The Morgan fingerprint density at radius 3 is 2.88 bits per heavy atom. The van der Waals surface area contributed by atoms with Gasteiger partial charge in [-0.05, 0) is 57.2 Å². The Bertz CT molecular complexity index is 480. The lowest BCUT2D eigenvalue weighted by Crippen LogP contribution is -2.41. The summed E-state index contributed by atoms with van der Waals surface area (Å²) in [6, 6.07) is 0. The average Bonchev–Trinajstić information content (AvgIpc) is 3.21. The largest absolute Gasteiger partial charge is 0.389 e. The second kappa shape index (κ2) is 8.94. The molecule has 1 aromatic rings. The van der Waals surface area contributed by atoms with Crippen molar-refractivity contribution in [1.82, 2.24) is 14.7 Å². The molecule has 2 saturated heterocycles. The van der Waals surface area contributed by atoms with Crippen molar-refractivity contribution >= 4 is 0 Å². The highest BCUT2D eigenvalue weighted by molar-refractivity contribution is 4.99. The SMILES string of the molecule is Cc1cnn(CC2CCN(C[C@@H](O)COC[C@H]3CCCO3)CC2)c1. The quantitative estimate of drug-likeness (QED) is 0.778. The zero-order chi connectivity index (χ0) is 16.8. The van der Waals surface area contributed by atoms with Crippen molar-refractivity contribution in [3.8, 4) is 0 Å². The van der Waals surface area contributed by atoms with E-state index in [1.54, 1.807) is 0 Å². The smallest absolute Gasteiger partial charge is 0.0900 e. The van der Waals surface area contributed by atoms with Crippen LogP contribution in [0.3, 0.4) is 0 Å². The molecule has 2 aliphatic heterocycles. The predicted octanol–water partition coefficient (Wildman–Crippen LogP) is 1.46. The third-order valence-corrected chi connectivity index (χ3v) is 5.02. The standard InChI is InChI=1S/C18H31N3O3/c1-15-9-19-21(10-15)11-16-4-6-20(7-5-16)12-17(22)13-23-14-18-3-2-8-24-18/h9-10,16-18,22H,2-8,11-14H2,1H3/t17-,18-/m1/s1. The summed E-state index contributed by atoms with van der Waals surface area (Å²) < 4.78 is 13.2. The fourth-order valence-electron chi connectivity index (χ4n) is 3.64. The average molecular weight is 337 g/mol. The van der Waals surface area contributed by atoms with Crippen molar-refractivity contribution < 1.29 is 14.6 Å². The molecule has 0 saturated carbocycles. The second-order valence-electron chi connectivity index (χ2n) is 7.31. The summed E-state index contributed by atoms with van der Waals surface area (Å²) in [4.78, 5) is 2.35. The molecule has 136 valence electrons. The van der Waals surface area contributed by atoms with E-state index in [1.165, 1.54) is 18.4 Å². The van der Waals surface area contributed by atoms with Crippen molar-refractivity contribution in [3.63, 3.8) is 0 Å². The fraction of sp³-hybridized carbons (Fsp3) is 0.833. The summed E-state index contributed by atoms with van der Waals surface area (Å²) in [5.41, 5.74) is 1.22. The molecule has 0 spiro atoms. The number of likely N-dealkylation sites (tertiary alicyclic amines) is 1. The molecule has 3 rings (SSSR count). The van der Waals surface area contributed by atoms with E-state index in [4.69, 9.17) is 9.47 Å². The number of hydrogen-bond donors (Lipinski definition) is 1. The van der Waals surface area contributed by atoms with Gasteiger partial charge in [0, 0.05) is 25.9 Å². The maximum atomic E-state index is 10.2. The molecule has 2 fully saturated rings. The van der Waals surface area contributed by atoms with Crippen LogP contribution in [0.25, 0.3) is 0 Å². The number of aliphatic hydroxyl groups is 1. The molecule has 0 radical (unpaired) electrons. The Morgan fingerprint density at radius 1 is 1.38 bits per heavy atom. The van der Waals surface area contributed by atoms with Crippen LogP contribution in [0.5, 0.6) is 0 Å². The number of aliphatic hydroxyl groups excluding tert-OH is 1. The van der Waals surface area contributed by atoms with Crippen molar-refractivity contribution in [2.45, 2.75) is 51.4 Å². The molecule has 0 aliphatic carbocycles. The summed E-state index contributed by atoms with van der Waals surface area (Å²) in [5.74, 6) is 0.688. The van der Waals surface area contributed by atoms with Crippen LogP contribution < -0.4 is 0 Å². The Labute approximate surface area is 144 Å². The monoisotopic (exact) mass is 337 g/mol. The van der Waals surface area contributed by atoms with Gasteiger partial charge in [0.05, 0.1) is 31.6 Å². The van der Waals surface area contributed by atoms with Crippen LogP contribution in [-0.2, 0) is 16.0 Å². The highest BCUT2D eigenvalue weighted by Crippen LogP contribution is 2.19. The van der Waals surface area contributed by atoms with Crippen LogP contribution in [0.15, 0.2) is 12.4 Å². The number of ether oxygens (including phenoxy) is 2. The van der Waals surface area contributed by atoms with E-state index in [0.717, 1.165) is 39.1 Å². The Kier molecular flexibility index (Phi) is 6.66. The summed E-state index contributed by atoms with van der Waals surface area (Å²) >= 11 is 0. The molecule has 2 aliphatic rings. The van der Waals surface area contributed by atoms with Crippen LogP contribution in [-0.4, -0.2) is 71.4 Å². The molecule has 0 bridgehead atoms. The lowest BCUT2D eigenvalue weighted by atomic mass is 9.96. The molecule has 3 heterocycles. The van der Waals surface area contributed by atoms with Gasteiger partial charge in [-0.3, -0.25) is 4.68 Å². The molecule has 2 atom stereocenters. The molecule has 6 heteroatoms. The first-order valence-corrected chi connectivity index (χ1v) is 9.28. The molecule has 1 aromatic heterocycles. The number of β-amino-alcohol motifs (C(OH)–C–C–N with tert-alkyl or cyclic N) is 1. The van der Waals surface area contributed by atoms with Gasteiger partial charge in [0.15, 0.2) is 0 Å². The summed E-state index contributed by atoms with van der Waals surface area (Å²) in [5, 5.41) is 14.5. The maximum Gasteiger partial charge on any atom is 0.0900 e. The molecule has 0 aromatic carbocycles. The number of aryl methyl sites for hydroxylation is 1. The summed E-state index contributed by atoms with van der Waals surface area (Å²) in [6.07, 6.45) is 8.41. The number of aromatic nitrogens is 2. The molecular weight excluding hydrogens is 306 g/mol. The van der Waals surface area contributed by atoms with Crippen molar-refractivity contribution in [2.75, 3.05) is 39.5 Å². The van der Waals surface area contributed by atoms with E-state index in [2.05, 4.69) is 27.8 Å². The van der Waals surface area contributed by atoms with E-state index in [1.807, 2.05) is 6.20 Å². The molecule has 6 nitrogen and oxygen atoms in total. The van der Waals surface area contributed by atoms with E-state index in [0.29, 0.717) is 25.7 Å². The number of piperidine rings is 1. The van der Waals surface area contributed by atoms with Gasteiger partial charge >= 0.3 is 0 Å². The van der Waals surface area contributed by atoms with Gasteiger partial charge in [-0.15, -0.1) is 0 Å². The summed E-state index contributed by atoms with van der Waals surface area (Å²) in [7, 11) is 0. The van der Waals surface area contributed by atoms with E-state index in [9.17, 15) is 5.11 Å². The fourth-order valence-corrected chi connectivity index (χ4v) is 3.64. The van der Waals surface area contributed by atoms with Gasteiger partial charge in [-0.25, -0.2) is 0 Å². The molecule has 24 heavy (non-hydrogen) atoms. The molecule has 0 amide bonds. The summed E-state index contributed by atoms with van der Waals surface area (Å²) in [6.45, 7) is 7.77. The van der Waals surface area contributed by atoms with E-state index in [-0.39, 0.29) is 6.10 Å². The van der Waals surface area contributed by atoms with Gasteiger partial charge in [-0.2, -0.15) is 5.10 Å². The first-order valence-electron chi connectivity index (χ1n) is 9.28. The Hall–Kier alpha value is -0.950. The van der Waals surface area contributed by atoms with Crippen LogP contribution >= 0.6 is 0 Å². The van der Waals surface area contributed by atoms with Gasteiger partial charge in [-0.1, -0.05) is 0 Å². The third kappa shape index (κ3) is 5.55. The van der Waals surface area contributed by atoms with Crippen LogP contribution in [0.2, 0.25) is 0 Å². The van der Waals surface area contributed by atoms with E-state index >= 15 is 0 Å². The molecule has 1 N–H and O–H groups in total. The van der Waals surface area contributed by atoms with Crippen LogP contribution in [0.1, 0.15) is 31.2 Å². The number of hydrogen-bond acceptors (Lipinski definition) is 5. The normalized spacial score (nSPS) is 24.5. The molecular formula is C18H31N3O3. The van der Waals surface area contributed by atoms with Crippen LogP contribution in [0.4, 0.5) is 0 Å². The topological polar surface area (TPSA) is 59.8 Å². The van der Waals surface area contributed by atoms with Gasteiger partial charge in [0.2, 0.25) is 0 Å². The molecule has 0 unspecified atom stereocenters. The van der Waals surface area contributed by atoms with Crippen molar-refractivity contribution in [3.05, 3.63) is 18.0 Å². The second-order valence-corrected chi connectivity index (χ2v) is 7.31. The zero-order valence-electron chi connectivity index (χ0n) is 14.8. The lowest BCUT2D eigenvalue weighted by molar-refractivity contribution is -0.0276. The van der Waals surface area contributed by atoms with Gasteiger partial charge < -0.3 is 19.5 Å². The minimum atomic E-state index is -0.406. The zero-order valence-corrected chi connectivity index (χ0v) is 14.8. The van der Waals surface area contributed by atoms with Gasteiger partial charge in [0.25, 0.3) is 0 Å². The maximum absolute atomic E-state index is 10.2. The first kappa shape index (κ1) is 17.9. The van der Waals surface area contributed by atoms with Crippen LogP contribution in [0, 0.1) is 12.8 Å². The number of nitrogens with zero attached hydrogens (tertiary/aromatic N) is 3. The first-order chi connectivity index (χ1) is 11.7. The van der Waals surface area contributed by atoms with E-state index < -0.39 is 6.10 Å². The third-order valence-electron chi connectivity index (χ3n) is 5.02. The minimum absolute atomic E-state index is 0.235. The van der Waals surface area contributed by atoms with Crippen molar-refractivity contribution in [2.24, 2.45) is 5.92 Å². The minimum Gasteiger partial charge on any atom is -0.389 e. The van der Waals surface area contributed by atoms with Gasteiger partial charge in [0.1, 0.15) is 0 Å². The predicted molar refractivity (Wildman–Crippen MR) is 91.9 cm³/mol.